The smallest absolute Gasteiger partial charge is 0.269 e. The molecular weight excluding hydrogens is 224 g/mol. The van der Waals surface area contributed by atoms with Gasteiger partial charge in [-0.15, -0.1) is 0 Å². The van der Waals surface area contributed by atoms with E-state index in [2.05, 4.69) is 26.8 Å². The minimum Gasteiger partial charge on any atom is -0.406 e. The zero-order chi connectivity index (χ0) is 11.3. The number of rotatable bonds is 5. The van der Waals surface area contributed by atoms with E-state index in [0.29, 0.717) is 9.76 Å². The summed E-state index contributed by atoms with van der Waals surface area (Å²) in [6.07, 6.45) is 2.08. The minimum absolute atomic E-state index is 0.000756. The summed E-state index contributed by atoms with van der Waals surface area (Å²) in [5.41, 5.74) is 0.000756. The summed E-state index contributed by atoms with van der Waals surface area (Å²) in [6, 6.07) is 7.86. The van der Waals surface area contributed by atoms with E-state index < -0.39 is 0 Å². The average Bonchev–Trinajstić information content (AvgIpc) is 2.26. The molecule has 1 aromatic carbocycles. The Morgan fingerprint density at radius 2 is 2.00 bits per heavy atom. The van der Waals surface area contributed by atoms with Crippen molar-refractivity contribution < 1.29 is 4.43 Å². The van der Waals surface area contributed by atoms with E-state index in [9.17, 15) is 0 Å². The molecule has 0 fully saturated rings. The van der Waals surface area contributed by atoms with Crippen molar-refractivity contribution in [2.75, 3.05) is 0 Å². The van der Waals surface area contributed by atoms with Crippen LogP contribution in [0, 0.1) is 0 Å². The molecule has 3 heteroatoms. The van der Waals surface area contributed by atoms with Crippen LogP contribution in [0.3, 0.4) is 0 Å². The van der Waals surface area contributed by atoms with Crippen LogP contribution in [0.25, 0.3) is 0 Å². The summed E-state index contributed by atoms with van der Waals surface area (Å²) in [7, 11) is 0.381. The second kappa shape index (κ2) is 5.68. The molecule has 0 saturated carbocycles. The fraction of sp³-hybridized carbons (Fsp3) is 0.500. The zero-order valence-corrected chi connectivity index (χ0v) is 11.3. The molecule has 0 heterocycles. The van der Waals surface area contributed by atoms with E-state index in [0.717, 1.165) is 23.1 Å². The first kappa shape index (κ1) is 12.8. The fourth-order valence-electron chi connectivity index (χ4n) is 1.13. The van der Waals surface area contributed by atoms with Crippen LogP contribution >= 0.6 is 11.6 Å². The van der Waals surface area contributed by atoms with Crippen LogP contribution in [0.1, 0.15) is 33.6 Å². The second-order valence-corrected chi connectivity index (χ2v) is 5.29. The van der Waals surface area contributed by atoms with E-state index in [4.69, 9.17) is 16.0 Å². The number of halogens is 1. The van der Waals surface area contributed by atoms with E-state index >= 15 is 0 Å². The Bertz CT molecular complexity index is 310. The van der Waals surface area contributed by atoms with Crippen LogP contribution < -0.4 is 5.19 Å². The van der Waals surface area contributed by atoms with Gasteiger partial charge in [0.05, 0.1) is 5.60 Å². The van der Waals surface area contributed by atoms with E-state index in [-0.39, 0.29) is 5.60 Å². The Morgan fingerprint density at radius 3 is 2.53 bits per heavy atom. The molecule has 82 valence electrons. The molecular formula is C12H17ClOSi. The van der Waals surface area contributed by atoms with Crippen LogP contribution in [0.4, 0.5) is 0 Å². The molecule has 0 aliphatic heterocycles. The van der Waals surface area contributed by atoms with Gasteiger partial charge >= 0.3 is 0 Å². The molecule has 0 bridgehead atoms. The van der Waals surface area contributed by atoms with Crippen LogP contribution in [-0.4, -0.2) is 15.4 Å². The van der Waals surface area contributed by atoms with Gasteiger partial charge in [-0.2, -0.15) is 0 Å². The standard InChI is InChI=1S/C12H17ClOSi/c1-4-12(3,5-2)14-15-11-8-6-7-10(13)9-11/h6-9H,4-5H2,1-3H3. The Hall–Kier alpha value is -0.313. The summed E-state index contributed by atoms with van der Waals surface area (Å²) in [6.45, 7) is 6.47. The number of hydrogen-bond acceptors (Lipinski definition) is 1. The molecule has 1 rings (SSSR count). The molecule has 0 aliphatic rings. The molecule has 0 aromatic heterocycles. The van der Waals surface area contributed by atoms with Crippen molar-refractivity contribution >= 4 is 26.6 Å². The summed E-state index contributed by atoms with van der Waals surface area (Å²) < 4.78 is 5.94. The third kappa shape index (κ3) is 3.97. The summed E-state index contributed by atoms with van der Waals surface area (Å²) in [5.74, 6) is 0. The first-order valence-corrected chi connectivity index (χ1v) is 6.58. The Kier molecular flexibility index (Phi) is 4.83. The van der Waals surface area contributed by atoms with Gasteiger partial charge in [0.25, 0.3) is 9.76 Å². The van der Waals surface area contributed by atoms with Gasteiger partial charge in [0.2, 0.25) is 0 Å². The molecule has 15 heavy (non-hydrogen) atoms. The molecule has 0 N–H and O–H groups in total. The normalized spacial score (nSPS) is 11.7. The van der Waals surface area contributed by atoms with Crippen molar-refractivity contribution in [3.63, 3.8) is 0 Å². The monoisotopic (exact) mass is 240 g/mol. The largest absolute Gasteiger partial charge is 0.406 e. The van der Waals surface area contributed by atoms with Gasteiger partial charge in [-0.05, 0) is 37.1 Å². The zero-order valence-electron chi connectivity index (χ0n) is 9.51. The topological polar surface area (TPSA) is 9.23 Å². The van der Waals surface area contributed by atoms with Gasteiger partial charge < -0.3 is 4.43 Å². The van der Waals surface area contributed by atoms with Crippen molar-refractivity contribution in [1.82, 2.24) is 0 Å². The van der Waals surface area contributed by atoms with E-state index in [1.165, 1.54) is 0 Å². The SMILES string of the molecule is CCC(C)(CC)O[Si]c1cccc(Cl)c1. The molecule has 0 amide bonds. The van der Waals surface area contributed by atoms with Crippen molar-refractivity contribution in [2.45, 2.75) is 39.2 Å². The molecule has 0 spiro atoms. The van der Waals surface area contributed by atoms with Crippen molar-refractivity contribution in [3.05, 3.63) is 29.3 Å². The molecule has 1 aromatic rings. The highest BCUT2D eigenvalue weighted by Crippen LogP contribution is 2.18. The van der Waals surface area contributed by atoms with E-state index in [1.54, 1.807) is 0 Å². The van der Waals surface area contributed by atoms with Crippen molar-refractivity contribution in [1.29, 1.82) is 0 Å². The van der Waals surface area contributed by atoms with E-state index in [1.807, 2.05) is 18.2 Å². The van der Waals surface area contributed by atoms with Gasteiger partial charge in [-0.25, -0.2) is 0 Å². The molecule has 0 aliphatic carbocycles. The Morgan fingerprint density at radius 1 is 1.33 bits per heavy atom. The molecule has 0 saturated heterocycles. The average molecular weight is 241 g/mol. The lowest BCUT2D eigenvalue weighted by atomic mass is 10.0. The second-order valence-electron chi connectivity index (χ2n) is 3.87. The van der Waals surface area contributed by atoms with Gasteiger partial charge in [0.15, 0.2) is 0 Å². The lowest BCUT2D eigenvalue weighted by Gasteiger charge is -2.27. The van der Waals surface area contributed by atoms with Gasteiger partial charge in [-0.3, -0.25) is 0 Å². The molecule has 1 nitrogen and oxygen atoms in total. The van der Waals surface area contributed by atoms with Crippen LogP contribution in [0.2, 0.25) is 5.02 Å². The Balaban J connectivity index is 2.56. The van der Waals surface area contributed by atoms with Crippen LogP contribution in [0.15, 0.2) is 24.3 Å². The number of hydrogen-bond donors (Lipinski definition) is 0. The van der Waals surface area contributed by atoms with Crippen LogP contribution in [0.5, 0.6) is 0 Å². The van der Waals surface area contributed by atoms with Crippen LogP contribution in [-0.2, 0) is 4.43 Å². The van der Waals surface area contributed by atoms with Gasteiger partial charge in [-0.1, -0.05) is 37.6 Å². The highest BCUT2D eigenvalue weighted by Gasteiger charge is 2.20. The maximum atomic E-state index is 5.94. The highest BCUT2D eigenvalue weighted by atomic mass is 35.5. The first-order chi connectivity index (χ1) is 7.09. The minimum atomic E-state index is 0.000756. The van der Waals surface area contributed by atoms with Gasteiger partial charge in [0, 0.05) is 5.02 Å². The number of benzene rings is 1. The fourth-order valence-corrected chi connectivity index (χ4v) is 2.44. The predicted molar refractivity (Wildman–Crippen MR) is 66.9 cm³/mol. The highest BCUT2D eigenvalue weighted by molar-refractivity contribution is 6.47. The molecule has 0 unspecified atom stereocenters. The first-order valence-electron chi connectivity index (χ1n) is 5.29. The third-order valence-electron chi connectivity index (χ3n) is 2.74. The van der Waals surface area contributed by atoms with Gasteiger partial charge in [0.1, 0.15) is 0 Å². The lowest BCUT2D eigenvalue weighted by molar-refractivity contribution is 0.0882. The quantitative estimate of drug-likeness (QED) is 0.719. The van der Waals surface area contributed by atoms with Crippen molar-refractivity contribution in [3.8, 4) is 0 Å². The molecule has 0 atom stereocenters. The maximum absolute atomic E-state index is 5.94. The Labute approximate surface area is 99.7 Å². The molecule has 2 radical (unpaired) electrons. The maximum Gasteiger partial charge on any atom is 0.269 e. The third-order valence-corrected chi connectivity index (χ3v) is 4.11. The summed E-state index contributed by atoms with van der Waals surface area (Å²) in [5, 5.41) is 1.94. The summed E-state index contributed by atoms with van der Waals surface area (Å²) in [4.78, 5) is 0. The summed E-state index contributed by atoms with van der Waals surface area (Å²) >= 11 is 5.91. The predicted octanol–water partition coefficient (Wildman–Crippen LogP) is 3.18. The van der Waals surface area contributed by atoms with Crippen molar-refractivity contribution in [2.24, 2.45) is 0 Å². The lowest BCUT2D eigenvalue weighted by Crippen LogP contribution is -2.33.